The van der Waals surface area contributed by atoms with Gasteiger partial charge in [-0.2, -0.15) is 0 Å². The van der Waals surface area contributed by atoms with Gasteiger partial charge in [0.1, 0.15) is 19.8 Å². The quantitative estimate of drug-likeness (QED) is 0.0161. The monoisotopic (exact) mass is 825 g/mol. The molecule has 1 aliphatic rings. The molecule has 57 heavy (non-hydrogen) atoms. The number of allylic oxidation sites excluding steroid dienone is 7. The Balaban J connectivity index is 2.35. The minimum atomic E-state index is -4.40. The van der Waals surface area contributed by atoms with Gasteiger partial charge in [0.2, 0.25) is 0 Å². The zero-order valence-electron chi connectivity index (χ0n) is 36.8. The van der Waals surface area contributed by atoms with Gasteiger partial charge in [-0.25, -0.2) is 4.57 Å². The van der Waals surface area contributed by atoms with Crippen LogP contribution in [0.3, 0.4) is 0 Å². The van der Waals surface area contributed by atoms with Crippen molar-refractivity contribution in [3.05, 3.63) is 48.6 Å². The summed E-state index contributed by atoms with van der Waals surface area (Å²) in [7, 11) is 1.42. The van der Waals surface area contributed by atoms with Gasteiger partial charge in [0.05, 0.1) is 40.0 Å². The maximum Gasteiger partial charge on any atom is 0.472 e. The third-order valence-electron chi connectivity index (χ3n) is 9.76. The van der Waals surface area contributed by atoms with Crippen LogP contribution in [0, 0.1) is 0 Å². The maximum atomic E-state index is 12.8. The molecule has 0 aliphatic carbocycles. The van der Waals surface area contributed by atoms with Crippen LogP contribution in [0.15, 0.2) is 48.6 Å². The van der Waals surface area contributed by atoms with Crippen molar-refractivity contribution in [1.82, 2.24) is 0 Å². The van der Waals surface area contributed by atoms with Crippen LogP contribution < -0.4 is 0 Å². The topological polar surface area (TPSA) is 121 Å². The number of esters is 2. The fourth-order valence-corrected chi connectivity index (χ4v) is 6.84. The predicted molar refractivity (Wildman–Crippen MR) is 233 cm³/mol. The van der Waals surface area contributed by atoms with Crippen molar-refractivity contribution in [3.63, 3.8) is 0 Å². The molecule has 1 aliphatic heterocycles. The number of phosphoric acid groups is 1. The van der Waals surface area contributed by atoms with Crippen LogP contribution >= 0.6 is 7.82 Å². The highest BCUT2D eigenvalue weighted by Gasteiger charge is 2.37. The highest BCUT2D eigenvalue weighted by atomic mass is 31.2. The van der Waals surface area contributed by atoms with E-state index in [0.29, 0.717) is 23.9 Å². The minimum Gasteiger partial charge on any atom is -0.462 e. The van der Waals surface area contributed by atoms with Gasteiger partial charge in [-0.15, -0.1) is 0 Å². The molecule has 3 unspecified atom stereocenters. The van der Waals surface area contributed by atoms with Crippen LogP contribution in [-0.4, -0.2) is 87.1 Å². The number of ether oxygens (including phenoxy) is 3. The molecular weight excluding hydrogens is 741 g/mol. The van der Waals surface area contributed by atoms with E-state index in [-0.39, 0.29) is 38.3 Å². The van der Waals surface area contributed by atoms with E-state index in [1.165, 1.54) is 70.6 Å². The molecule has 0 amide bonds. The number of phosphoric ester groups is 1. The van der Waals surface area contributed by atoms with Gasteiger partial charge >= 0.3 is 19.8 Å². The molecule has 330 valence electrons. The predicted octanol–water partition coefficient (Wildman–Crippen LogP) is 11.7. The summed E-state index contributed by atoms with van der Waals surface area (Å²) in [6.07, 6.45) is 41.7. The molecule has 0 radical (unpaired) electrons. The zero-order valence-corrected chi connectivity index (χ0v) is 37.7. The summed E-state index contributed by atoms with van der Waals surface area (Å²) in [5, 5.41) is 0. The molecule has 4 atom stereocenters. The molecule has 0 aromatic carbocycles. The lowest BCUT2D eigenvalue weighted by atomic mass is 10.1. The lowest BCUT2D eigenvalue weighted by Crippen LogP contribution is -2.37. The number of carbonyl (C=O) groups excluding carboxylic acids is 2. The number of hydrogen-bond acceptors (Lipinski definition) is 8. The smallest absolute Gasteiger partial charge is 0.462 e. The van der Waals surface area contributed by atoms with Crippen LogP contribution in [0.1, 0.15) is 168 Å². The summed E-state index contributed by atoms with van der Waals surface area (Å²) in [6.45, 7) is 4.28. The van der Waals surface area contributed by atoms with Gasteiger partial charge in [0.25, 0.3) is 0 Å². The van der Waals surface area contributed by atoms with Crippen molar-refractivity contribution in [3.8, 4) is 0 Å². The second-order valence-electron chi connectivity index (χ2n) is 16.5. The molecule has 0 aromatic heterocycles. The summed E-state index contributed by atoms with van der Waals surface area (Å²) >= 11 is 0. The van der Waals surface area contributed by atoms with Crippen LogP contribution in [0.25, 0.3) is 0 Å². The van der Waals surface area contributed by atoms with E-state index in [2.05, 4.69) is 62.5 Å². The number of hydrogen-bond donors (Lipinski definition) is 1. The van der Waals surface area contributed by atoms with Crippen molar-refractivity contribution in [2.24, 2.45) is 0 Å². The highest BCUT2D eigenvalue weighted by Crippen LogP contribution is 2.43. The molecule has 10 nitrogen and oxygen atoms in total. The number of carbonyl (C=O) groups is 2. The first-order valence-corrected chi connectivity index (χ1v) is 24.0. The minimum absolute atomic E-state index is 0.0148. The molecule has 1 heterocycles. The van der Waals surface area contributed by atoms with E-state index < -0.39 is 32.5 Å². The van der Waals surface area contributed by atoms with Gasteiger partial charge in [-0.1, -0.05) is 127 Å². The second-order valence-corrected chi connectivity index (χ2v) is 17.9. The van der Waals surface area contributed by atoms with Crippen LogP contribution in [0.4, 0.5) is 0 Å². The highest BCUT2D eigenvalue weighted by molar-refractivity contribution is 7.47. The molecule has 0 saturated carbocycles. The first-order chi connectivity index (χ1) is 27.5. The second kappa shape index (κ2) is 34.8. The number of rotatable bonds is 39. The third kappa shape index (κ3) is 35.6. The van der Waals surface area contributed by atoms with E-state index in [1.807, 2.05) is 21.1 Å². The molecule has 1 rings (SSSR count). The first kappa shape index (κ1) is 52.9. The van der Waals surface area contributed by atoms with E-state index in [4.69, 9.17) is 23.3 Å². The summed E-state index contributed by atoms with van der Waals surface area (Å²) < 4.78 is 40.1. The van der Waals surface area contributed by atoms with Crippen LogP contribution in [-0.2, 0) is 37.4 Å². The molecule has 0 bridgehead atoms. The lowest BCUT2D eigenvalue weighted by molar-refractivity contribution is -0.870. The number of epoxide rings is 1. The molecule has 0 spiro atoms. The Kier molecular flexibility index (Phi) is 32.3. The largest absolute Gasteiger partial charge is 0.472 e. The molecule has 11 heteroatoms. The normalized spacial score (nSPS) is 17.6. The Hall–Kier alpha value is -2.07. The Morgan fingerprint density at radius 3 is 1.82 bits per heavy atom. The summed E-state index contributed by atoms with van der Waals surface area (Å²) in [4.78, 5) is 35.5. The Bertz CT molecular complexity index is 1180. The Labute approximate surface area is 348 Å². The van der Waals surface area contributed by atoms with Crippen molar-refractivity contribution in [2.45, 2.75) is 186 Å². The number of likely N-dealkylation sites (N-methyl/N-ethyl adjacent to an activating group) is 1. The Morgan fingerprint density at radius 2 is 1.18 bits per heavy atom. The van der Waals surface area contributed by atoms with E-state index in [1.54, 1.807) is 0 Å². The fourth-order valence-electron chi connectivity index (χ4n) is 6.09. The van der Waals surface area contributed by atoms with Gasteiger partial charge in [0, 0.05) is 12.8 Å². The van der Waals surface area contributed by atoms with Gasteiger partial charge in [0.15, 0.2) is 6.10 Å². The zero-order chi connectivity index (χ0) is 41.9. The first-order valence-electron chi connectivity index (χ1n) is 22.5. The van der Waals surface area contributed by atoms with Crippen molar-refractivity contribution in [2.75, 3.05) is 47.5 Å². The molecule has 1 fully saturated rings. The SMILES string of the molecule is CCCCC/C=C\C/C=C\C/C=C\CC1OC1CCCC(=O)O[C@H](COC(=O)CCCCCCC/C=C\CCCCCCCC)COP(=O)(O)OCC[N+](C)(C)C. The fraction of sp³-hybridized carbons (Fsp3) is 0.783. The van der Waals surface area contributed by atoms with Crippen molar-refractivity contribution >= 4 is 19.8 Å². The van der Waals surface area contributed by atoms with Crippen LogP contribution in [0.5, 0.6) is 0 Å². The maximum absolute atomic E-state index is 12.8. The molecular formula is C46H83NO9P+. The third-order valence-corrected chi connectivity index (χ3v) is 10.7. The number of quaternary nitrogens is 1. The summed E-state index contributed by atoms with van der Waals surface area (Å²) in [6, 6.07) is 0. The van der Waals surface area contributed by atoms with Crippen molar-refractivity contribution < 1.29 is 46.8 Å². The van der Waals surface area contributed by atoms with Gasteiger partial charge in [-0.05, 0) is 77.0 Å². The van der Waals surface area contributed by atoms with E-state index >= 15 is 0 Å². The molecule has 1 N–H and O–H groups in total. The standard InChI is InChI=1S/C46H82NO9P/c1-6-8-10-12-14-16-18-20-21-22-24-26-28-30-32-36-45(48)52-40-42(41-54-57(50,51)53-39-38-47(3,4)5)55-46(49)37-33-35-44-43(56-44)34-31-29-27-25-23-19-17-15-13-11-9-7-2/h15,17,20-21,23,25,29,31,42-44H,6-14,16,18-19,22,24,26-28,30,32-41H2,1-5H3/p+1/b17-15-,21-20-,25-23-,31-29-/t42-,43?,44?/m1/s1. The van der Waals surface area contributed by atoms with Gasteiger partial charge in [-0.3, -0.25) is 18.6 Å². The van der Waals surface area contributed by atoms with Crippen molar-refractivity contribution in [1.29, 1.82) is 0 Å². The summed E-state index contributed by atoms with van der Waals surface area (Å²) in [5.74, 6) is -0.886. The average molecular weight is 825 g/mol. The molecule has 0 aromatic rings. The Morgan fingerprint density at radius 1 is 0.649 bits per heavy atom. The van der Waals surface area contributed by atoms with E-state index in [0.717, 1.165) is 57.8 Å². The molecule has 1 saturated heterocycles. The van der Waals surface area contributed by atoms with Crippen LogP contribution in [0.2, 0.25) is 0 Å². The number of nitrogens with zero attached hydrogens (tertiary/aromatic N) is 1. The summed E-state index contributed by atoms with van der Waals surface area (Å²) in [5.41, 5.74) is 0. The number of unbranched alkanes of at least 4 members (excludes halogenated alkanes) is 14. The van der Waals surface area contributed by atoms with Gasteiger partial charge < -0.3 is 23.6 Å². The average Bonchev–Trinajstić information content (AvgIpc) is 3.91. The lowest BCUT2D eigenvalue weighted by Gasteiger charge is -2.24. The van der Waals surface area contributed by atoms with E-state index in [9.17, 15) is 19.0 Å².